The minimum absolute atomic E-state index is 0.0869. The lowest BCUT2D eigenvalue weighted by atomic mass is 9.76. The summed E-state index contributed by atoms with van der Waals surface area (Å²) in [7, 11) is 2.91. The van der Waals surface area contributed by atoms with Crippen LogP contribution >= 0.6 is 22.6 Å². The number of alkyl halides is 1. The van der Waals surface area contributed by atoms with Gasteiger partial charge in [-0.3, -0.25) is 9.59 Å². The molecule has 0 spiro atoms. The lowest BCUT2D eigenvalue weighted by Crippen LogP contribution is -2.35. The highest BCUT2D eigenvalue weighted by atomic mass is 127. The van der Waals surface area contributed by atoms with Crippen molar-refractivity contribution in [2.24, 2.45) is 17.3 Å². The predicted octanol–water partition coefficient (Wildman–Crippen LogP) is 7.65. The van der Waals surface area contributed by atoms with Crippen molar-refractivity contribution in [2.75, 3.05) is 14.2 Å². The van der Waals surface area contributed by atoms with Crippen LogP contribution in [0.25, 0.3) is 0 Å². The number of esters is 2. The summed E-state index contributed by atoms with van der Waals surface area (Å²) in [5, 5.41) is 0. The monoisotopic (exact) mass is 650 g/mol. The molecule has 0 amide bonds. The highest BCUT2D eigenvalue weighted by Crippen LogP contribution is 2.45. The molecule has 4 atom stereocenters. The molecule has 4 rings (SSSR count). The first-order valence-corrected chi connectivity index (χ1v) is 15.0. The van der Waals surface area contributed by atoms with Crippen LogP contribution in [-0.4, -0.2) is 39.2 Å². The van der Waals surface area contributed by atoms with Gasteiger partial charge in [0.1, 0.15) is 0 Å². The summed E-state index contributed by atoms with van der Waals surface area (Å²) in [5.41, 5.74) is 4.45. The van der Waals surface area contributed by atoms with Crippen LogP contribution in [0.5, 0.6) is 0 Å². The van der Waals surface area contributed by atoms with Gasteiger partial charge in [-0.05, 0) is 70.7 Å². The zero-order valence-electron chi connectivity index (χ0n) is 25.3. The summed E-state index contributed by atoms with van der Waals surface area (Å²) in [6.07, 6.45) is 9.84. The number of hydrogen-bond donors (Lipinski definition) is 0. The maximum absolute atomic E-state index is 12.2. The summed E-state index contributed by atoms with van der Waals surface area (Å²) in [6, 6.07) is 8.99. The summed E-state index contributed by atoms with van der Waals surface area (Å²) in [4.78, 5) is 23.6. The number of halogens is 1. The molecule has 0 unspecified atom stereocenters. The van der Waals surface area contributed by atoms with Gasteiger partial charge in [-0.25, -0.2) is 0 Å². The molecule has 0 N–H and O–H groups in total. The first kappa shape index (κ1) is 32.9. The largest absolute Gasteiger partial charge is 0.469 e. The van der Waals surface area contributed by atoms with Crippen LogP contribution in [0, 0.1) is 44.9 Å². The Labute approximate surface area is 249 Å². The fourth-order valence-corrected chi connectivity index (χ4v) is 5.55. The lowest BCUT2D eigenvalue weighted by molar-refractivity contribution is -0.152. The number of aromatic nitrogens is 2. The molecule has 2 aliphatic carbocycles. The Kier molecular flexibility index (Phi) is 12.1. The molecule has 2 aromatic heterocycles. The van der Waals surface area contributed by atoms with E-state index >= 15 is 0 Å². The van der Waals surface area contributed by atoms with Gasteiger partial charge in [0.15, 0.2) is 0 Å². The topological polar surface area (TPSA) is 62.5 Å². The third-order valence-electron chi connectivity index (χ3n) is 7.64. The van der Waals surface area contributed by atoms with E-state index in [4.69, 9.17) is 9.47 Å². The first-order chi connectivity index (χ1) is 18.3. The Balaban J connectivity index is 0.000000243. The Morgan fingerprint density at radius 3 is 1.69 bits per heavy atom. The number of rotatable bonds is 5. The lowest BCUT2D eigenvalue weighted by Gasteiger charge is -2.30. The summed E-state index contributed by atoms with van der Waals surface area (Å²) < 4.78 is 15.1. The van der Waals surface area contributed by atoms with E-state index in [-0.39, 0.29) is 29.8 Å². The number of nitrogens with zero attached hydrogens (tertiary/aromatic N) is 2. The van der Waals surface area contributed by atoms with E-state index < -0.39 is 5.41 Å². The molecule has 0 bridgehead atoms. The van der Waals surface area contributed by atoms with Gasteiger partial charge < -0.3 is 18.6 Å². The summed E-state index contributed by atoms with van der Waals surface area (Å²) >= 11 is 2.34. The van der Waals surface area contributed by atoms with Gasteiger partial charge in [0.05, 0.1) is 37.6 Å². The third kappa shape index (κ3) is 7.89. The molecule has 6 nitrogen and oxygen atoms in total. The van der Waals surface area contributed by atoms with Crippen molar-refractivity contribution in [3.05, 3.63) is 71.3 Å². The minimum Gasteiger partial charge on any atom is -0.469 e. The standard InChI is InChI=1S/C16H23NO2.C13H17NO2.C3H7I/c1-11(2)16(15(18)19-5)9-8-14(10-16)17-12(3)6-7-13(17)4;1-9-4-5-10(2)14(9)12-7-6-11(8-12)13(15)16-3;1-3(2)4/h6-9,11,14H,10H2,1-5H3;4-7,11-12H,8H2,1-3H3;3H,1-2H3/t14-,16+;11-,12+;/m10./s1. The molecule has 39 heavy (non-hydrogen) atoms. The molecule has 0 aliphatic heterocycles. The van der Waals surface area contributed by atoms with Crippen LogP contribution in [0.4, 0.5) is 0 Å². The van der Waals surface area contributed by atoms with E-state index in [1.807, 2.05) is 12.2 Å². The number of aryl methyl sites for hydroxylation is 4. The maximum Gasteiger partial charge on any atom is 0.316 e. The highest BCUT2D eigenvalue weighted by molar-refractivity contribution is 14.1. The number of allylic oxidation sites excluding steroid dienone is 2. The highest BCUT2D eigenvalue weighted by Gasteiger charge is 2.45. The molecule has 0 radical (unpaired) electrons. The van der Waals surface area contributed by atoms with Gasteiger partial charge in [-0.2, -0.15) is 0 Å². The minimum atomic E-state index is -0.484. The number of carbonyl (C=O) groups excluding carboxylic acids is 2. The van der Waals surface area contributed by atoms with Crippen molar-refractivity contribution in [3.8, 4) is 0 Å². The Morgan fingerprint density at radius 2 is 1.28 bits per heavy atom. The molecule has 0 fully saturated rings. The van der Waals surface area contributed by atoms with Crippen LogP contribution in [-0.2, 0) is 19.1 Å². The van der Waals surface area contributed by atoms with E-state index in [9.17, 15) is 9.59 Å². The molecule has 7 heteroatoms. The van der Waals surface area contributed by atoms with Gasteiger partial charge in [0.25, 0.3) is 0 Å². The average molecular weight is 651 g/mol. The third-order valence-corrected chi connectivity index (χ3v) is 7.64. The zero-order chi connectivity index (χ0) is 29.5. The second-order valence-electron chi connectivity index (χ2n) is 11.1. The fraction of sp³-hybridized carbons (Fsp3) is 0.562. The number of methoxy groups -OCH3 is 2. The van der Waals surface area contributed by atoms with Crippen molar-refractivity contribution in [2.45, 2.75) is 84.2 Å². The van der Waals surface area contributed by atoms with E-state index in [1.165, 1.54) is 37.0 Å². The first-order valence-electron chi connectivity index (χ1n) is 13.8. The zero-order valence-corrected chi connectivity index (χ0v) is 27.5. The van der Waals surface area contributed by atoms with E-state index in [1.54, 1.807) is 0 Å². The van der Waals surface area contributed by atoms with Crippen molar-refractivity contribution < 1.29 is 19.1 Å². The Hall–Kier alpha value is -2.29. The Morgan fingerprint density at radius 1 is 0.821 bits per heavy atom. The molecular weight excluding hydrogens is 603 g/mol. The molecule has 2 aromatic rings. The van der Waals surface area contributed by atoms with Gasteiger partial charge >= 0.3 is 11.9 Å². The van der Waals surface area contributed by atoms with Crippen LogP contribution < -0.4 is 0 Å². The van der Waals surface area contributed by atoms with E-state index in [0.29, 0.717) is 6.04 Å². The van der Waals surface area contributed by atoms with Crippen LogP contribution in [0.15, 0.2) is 48.6 Å². The molecule has 216 valence electrons. The van der Waals surface area contributed by atoms with Gasteiger partial charge in [-0.1, -0.05) is 74.6 Å². The molecule has 2 aliphatic rings. The number of ether oxygens (including phenoxy) is 2. The van der Waals surface area contributed by atoms with Gasteiger partial charge in [0, 0.05) is 26.7 Å². The smallest absolute Gasteiger partial charge is 0.316 e. The number of hydrogen-bond acceptors (Lipinski definition) is 4. The van der Waals surface area contributed by atoms with Crippen LogP contribution in [0.2, 0.25) is 0 Å². The van der Waals surface area contributed by atoms with Crippen molar-refractivity contribution in [1.29, 1.82) is 0 Å². The van der Waals surface area contributed by atoms with E-state index in [0.717, 1.165) is 16.8 Å². The van der Waals surface area contributed by atoms with E-state index in [2.05, 4.69) is 124 Å². The summed E-state index contributed by atoms with van der Waals surface area (Å²) in [6.45, 7) is 16.9. The summed E-state index contributed by atoms with van der Waals surface area (Å²) in [5.74, 6) is -0.113. The normalized spacial score (nSPS) is 23.4. The molecular formula is C32H47IN2O4. The number of carbonyl (C=O) groups is 2. The second-order valence-corrected chi connectivity index (χ2v) is 13.6. The SMILES string of the molecule is CC(C)I.COC(=O)[C@@]1(C(C)C)C=C[C@@H](n2c(C)ccc2C)C1.COC(=O)[C@H]1C=C[C@@H](n2c(C)ccc2C)C1. The van der Waals surface area contributed by atoms with Crippen molar-refractivity contribution in [1.82, 2.24) is 9.13 Å². The Bertz CT molecular complexity index is 1130. The van der Waals surface area contributed by atoms with Crippen molar-refractivity contribution in [3.63, 3.8) is 0 Å². The molecule has 0 saturated heterocycles. The quantitative estimate of drug-likeness (QED) is 0.144. The molecule has 0 aromatic carbocycles. The van der Waals surface area contributed by atoms with Crippen molar-refractivity contribution >= 4 is 34.5 Å². The van der Waals surface area contributed by atoms with Crippen LogP contribution in [0.1, 0.15) is 75.4 Å². The van der Waals surface area contributed by atoms with Crippen LogP contribution in [0.3, 0.4) is 0 Å². The van der Waals surface area contributed by atoms with Gasteiger partial charge in [0.2, 0.25) is 0 Å². The second kappa shape index (κ2) is 14.4. The average Bonchev–Trinajstić information content (AvgIpc) is 3.66. The fourth-order valence-electron chi connectivity index (χ4n) is 5.55. The predicted molar refractivity (Wildman–Crippen MR) is 167 cm³/mol. The van der Waals surface area contributed by atoms with Gasteiger partial charge in [-0.15, -0.1) is 0 Å². The maximum atomic E-state index is 12.2. The molecule has 0 saturated carbocycles. The molecule has 2 heterocycles.